The topological polar surface area (TPSA) is 29.1 Å². The highest BCUT2D eigenvalue weighted by Crippen LogP contribution is 2.20. The summed E-state index contributed by atoms with van der Waals surface area (Å²) < 4.78 is 13.8. The molecule has 2 rings (SSSR count). The number of carbonyl (C=O) groups is 1. The van der Waals surface area contributed by atoms with Crippen molar-refractivity contribution < 1.29 is 9.18 Å². The van der Waals surface area contributed by atoms with E-state index < -0.39 is 0 Å². The van der Waals surface area contributed by atoms with Crippen molar-refractivity contribution in [3.8, 4) is 0 Å². The Morgan fingerprint density at radius 2 is 1.75 bits per heavy atom. The number of amides is 1. The van der Waals surface area contributed by atoms with E-state index in [1.54, 1.807) is 0 Å². The van der Waals surface area contributed by atoms with Crippen LogP contribution in [0.1, 0.15) is 35.3 Å². The summed E-state index contributed by atoms with van der Waals surface area (Å²) in [5.74, 6) is -0.540. The molecule has 0 heterocycles. The van der Waals surface area contributed by atoms with E-state index in [-0.39, 0.29) is 17.8 Å². The molecule has 1 unspecified atom stereocenters. The molecule has 1 N–H and O–H groups in total. The molecule has 0 aliphatic heterocycles. The third-order valence-corrected chi connectivity index (χ3v) is 3.62. The summed E-state index contributed by atoms with van der Waals surface area (Å²) in [7, 11) is 0. The van der Waals surface area contributed by atoms with Gasteiger partial charge in [0.25, 0.3) is 5.91 Å². The van der Waals surface area contributed by atoms with Crippen LogP contribution in [-0.2, 0) is 0 Å². The van der Waals surface area contributed by atoms with Gasteiger partial charge in [-0.3, -0.25) is 4.79 Å². The van der Waals surface area contributed by atoms with Gasteiger partial charge in [-0.05, 0) is 48.4 Å². The monoisotopic (exact) mass is 335 g/mol. The summed E-state index contributed by atoms with van der Waals surface area (Å²) in [5, 5.41) is 2.96. The highest BCUT2D eigenvalue weighted by molar-refractivity contribution is 9.10. The van der Waals surface area contributed by atoms with Gasteiger partial charge in [-0.25, -0.2) is 4.39 Å². The molecule has 2 nitrogen and oxygen atoms in total. The number of carbonyl (C=O) groups excluding carboxylic acids is 1. The number of rotatable bonds is 4. The van der Waals surface area contributed by atoms with Crippen LogP contribution in [0.3, 0.4) is 0 Å². The first-order valence-corrected chi connectivity index (χ1v) is 7.21. The average molecular weight is 336 g/mol. The van der Waals surface area contributed by atoms with E-state index in [1.165, 1.54) is 24.3 Å². The van der Waals surface area contributed by atoms with Crippen LogP contribution in [0.15, 0.2) is 53.0 Å². The Labute approximate surface area is 126 Å². The summed E-state index contributed by atoms with van der Waals surface area (Å²) >= 11 is 3.39. The number of hydrogen-bond acceptors (Lipinski definition) is 1. The van der Waals surface area contributed by atoms with Gasteiger partial charge >= 0.3 is 0 Å². The standard InChI is InChI=1S/C16H15BrFNO/c1-2-15(11-3-7-13(17)8-4-11)19-16(20)12-5-9-14(18)10-6-12/h3-10,15H,2H2,1H3,(H,19,20). The second-order valence-electron chi connectivity index (χ2n) is 4.49. The Morgan fingerprint density at radius 1 is 1.15 bits per heavy atom. The molecule has 1 atom stereocenters. The van der Waals surface area contributed by atoms with Crippen LogP contribution in [0.25, 0.3) is 0 Å². The lowest BCUT2D eigenvalue weighted by atomic mass is 10.0. The van der Waals surface area contributed by atoms with Crippen LogP contribution < -0.4 is 5.32 Å². The minimum atomic E-state index is -0.346. The van der Waals surface area contributed by atoms with Crippen LogP contribution >= 0.6 is 15.9 Å². The third-order valence-electron chi connectivity index (χ3n) is 3.09. The normalized spacial score (nSPS) is 11.9. The fourth-order valence-corrected chi connectivity index (χ4v) is 2.22. The predicted octanol–water partition coefficient (Wildman–Crippen LogP) is 4.47. The lowest BCUT2D eigenvalue weighted by Crippen LogP contribution is -2.28. The second-order valence-corrected chi connectivity index (χ2v) is 5.41. The van der Waals surface area contributed by atoms with Crippen LogP contribution in [0.4, 0.5) is 4.39 Å². The van der Waals surface area contributed by atoms with Crippen LogP contribution in [0, 0.1) is 5.82 Å². The molecule has 0 saturated heterocycles. The van der Waals surface area contributed by atoms with Crippen molar-refractivity contribution in [2.24, 2.45) is 0 Å². The maximum atomic E-state index is 12.8. The zero-order valence-electron chi connectivity index (χ0n) is 11.1. The van der Waals surface area contributed by atoms with E-state index in [9.17, 15) is 9.18 Å². The Kier molecular flexibility index (Phi) is 4.90. The van der Waals surface area contributed by atoms with Gasteiger partial charge in [0.15, 0.2) is 0 Å². The van der Waals surface area contributed by atoms with Crippen molar-refractivity contribution in [2.45, 2.75) is 19.4 Å². The molecule has 0 fully saturated rings. The zero-order chi connectivity index (χ0) is 14.5. The highest BCUT2D eigenvalue weighted by Gasteiger charge is 2.14. The minimum Gasteiger partial charge on any atom is -0.345 e. The van der Waals surface area contributed by atoms with Crippen LogP contribution in [-0.4, -0.2) is 5.91 Å². The van der Waals surface area contributed by atoms with E-state index in [0.717, 1.165) is 16.5 Å². The number of benzene rings is 2. The van der Waals surface area contributed by atoms with Crippen LogP contribution in [0.5, 0.6) is 0 Å². The Bertz CT molecular complexity index is 580. The molecule has 20 heavy (non-hydrogen) atoms. The van der Waals surface area contributed by atoms with Gasteiger partial charge in [0, 0.05) is 10.0 Å². The van der Waals surface area contributed by atoms with Crippen molar-refractivity contribution in [3.63, 3.8) is 0 Å². The summed E-state index contributed by atoms with van der Waals surface area (Å²) in [4.78, 5) is 12.1. The van der Waals surface area contributed by atoms with E-state index in [2.05, 4.69) is 21.2 Å². The van der Waals surface area contributed by atoms with Crippen molar-refractivity contribution in [1.29, 1.82) is 0 Å². The molecular weight excluding hydrogens is 321 g/mol. The Morgan fingerprint density at radius 3 is 2.30 bits per heavy atom. The SMILES string of the molecule is CCC(NC(=O)c1ccc(F)cc1)c1ccc(Br)cc1. The van der Waals surface area contributed by atoms with Gasteiger partial charge in [-0.1, -0.05) is 35.0 Å². The molecule has 0 spiro atoms. The van der Waals surface area contributed by atoms with E-state index >= 15 is 0 Å². The van der Waals surface area contributed by atoms with E-state index in [0.29, 0.717) is 5.56 Å². The van der Waals surface area contributed by atoms with E-state index in [4.69, 9.17) is 0 Å². The van der Waals surface area contributed by atoms with Gasteiger partial charge < -0.3 is 5.32 Å². The van der Waals surface area contributed by atoms with E-state index in [1.807, 2.05) is 31.2 Å². The molecule has 0 radical (unpaired) electrons. The summed E-state index contributed by atoms with van der Waals surface area (Å²) in [6.45, 7) is 2.01. The molecule has 0 aromatic heterocycles. The zero-order valence-corrected chi connectivity index (χ0v) is 12.7. The largest absolute Gasteiger partial charge is 0.345 e. The number of nitrogens with one attached hydrogen (secondary N) is 1. The average Bonchev–Trinajstić information content (AvgIpc) is 2.46. The molecule has 104 valence electrons. The molecule has 1 amide bonds. The van der Waals surface area contributed by atoms with Gasteiger partial charge in [0.1, 0.15) is 5.82 Å². The molecular formula is C16H15BrFNO. The van der Waals surface area contributed by atoms with Crippen LogP contribution in [0.2, 0.25) is 0 Å². The molecule has 0 aliphatic carbocycles. The third kappa shape index (κ3) is 3.67. The van der Waals surface area contributed by atoms with Gasteiger partial charge in [-0.2, -0.15) is 0 Å². The fraction of sp³-hybridized carbons (Fsp3) is 0.188. The maximum Gasteiger partial charge on any atom is 0.251 e. The molecule has 0 bridgehead atoms. The summed E-state index contributed by atoms with van der Waals surface area (Å²) in [5.41, 5.74) is 1.51. The number of hydrogen-bond donors (Lipinski definition) is 1. The van der Waals surface area contributed by atoms with Crippen molar-refractivity contribution in [1.82, 2.24) is 5.32 Å². The molecule has 2 aromatic carbocycles. The second kappa shape index (κ2) is 6.66. The fourth-order valence-electron chi connectivity index (χ4n) is 1.96. The lowest BCUT2D eigenvalue weighted by Gasteiger charge is -2.17. The van der Waals surface area contributed by atoms with Gasteiger partial charge in [0.05, 0.1) is 6.04 Å². The van der Waals surface area contributed by atoms with Gasteiger partial charge in [0.2, 0.25) is 0 Å². The molecule has 0 saturated carbocycles. The molecule has 0 aliphatic rings. The van der Waals surface area contributed by atoms with Crippen molar-refractivity contribution >= 4 is 21.8 Å². The maximum absolute atomic E-state index is 12.8. The molecule has 4 heteroatoms. The minimum absolute atomic E-state index is 0.0550. The predicted molar refractivity (Wildman–Crippen MR) is 81.0 cm³/mol. The first-order chi connectivity index (χ1) is 9.60. The first kappa shape index (κ1) is 14.7. The van der Waals surface area contributed by atoms with Crippen molar-refractivity contribution in [3.05, 3.63) is 69.9 Å². The number of halogens is 2. The Hall–Kier alpha value is -1.68. The summed E-state index contributed by atoms with van der Waals surface area (Å²) in [6, 6.07) is 13.3. The highest BCUT2D eigenvalue weighted by atomic mass is 79.9. The molecule has 2 aromatic rings. The van der Waals surface area contributed by atoms with Gasteiger partial charge in [-0.15, -0.1) is 0 Å². The lowest BCUT2D eigenvalue weighted by molar-refractivity contribution is 0.0935. The van der Waals surface area contributed by atoms with Crippen molar-refractivity contribution in [2.75, 3.05) is 0 Å². The summed E-state index contributed by atoms with van der Waals surface area (Å²) in [6.07, 6.45) is 0.786. The Balaban J connectivity index is 2.11. The quantitative estimate of drug-likeness (QED) is 0.877. The smallest absolute Gasteiger partial charge is 0.251 e. The first-order valence-electron chi connectivity index (χ1n) is 6.42.